The molecule has 120 valence electrons. The summed E-state index contributed by atoms with van der Waals surface area (Å²) in [6.45, 7) is 11.4. The number of nitrogens with one attached hydrogen (secondary N) is 1. The zero-order valence-electron chi connectivity index (χ0n) is 13.9. The number of hydrogen-bond donors (Lipinski definition) is 1. The first-order valence-electron chi connectivity index (χ1n) is 7.68. The monoisotopic (exact) mass is 295 g/mol. The van der Waals surface area contributed by atoms with Gasteiger partial charge in [-0.1, -0.05) is 19.9 Å². The fraction of sp³-hybridized carbons (Fsp3) is 0.647. The van der Waals surface area contributed by atoms with Crippen molar-refractivity contribution in [3.8, 4) is 11.5 Å². The molecule has 0 bridgehead atoms. The molecular weight excluding hydrogens is 266 g/mol. The molecule has 1 atom stereocenters. The Hall–Kier alpha value is -1.26. The van der Waals surface area contributed by atoms with Gasteiger partial charge in [0.1, 0.15) is 6.10 Å². The van der Waals surface area contributed by atoms with E-state index in [0.717, 1.165) is 24.6 Å². The van der Waals surface area contributed by atoms with Crippen molar-refractivity contribution in [2.24, 2.45) is 5.92 Å². The molecule has 0 saturated heterocycles. The van der Waals surface area contributed by atoms with Crippen LogP contribution in [0.3, 0.4) is 0 Å². The van der Waals surface area contributed by atoms with E-state index in [1.54, 1.807) is 7.11 Å². The molecule has 4 heteroatoms. The summed E-state index contributed by atoms with van der Waals surface area (Å²) < 4.78 is 16.7. The smallest absolute Gasteiger partial charge is 0.161 e. The Labute approximate surface area is 128 Å². The fourth-order valence-corrected chi connectivity index (χ4v) is 2.02. The summed E-state index contributed by atoms with van der Waals surface area (Å²) in [5.41, 5.74) is 1.20. The highest BCUT2D eigenvalue weighted by atomic mass is 16.5. The highest BCUT2D eigenvalue weighted by Crippen LogP contribution is 2.29. The van der Waals surface area contributed by atoms with Gasteiger partial charge in [-0.05, 0) is 44.0 Å². The van der Waals surface area contributed by atoms with Crippen molar-refractivity contribution in [3.63, 3.8) is 0 Å². The lowest BCUT2D eigenvalue weighted by Crippen LogP contribution is -2.20. The Morgan fingerprint density at radius 1 is 1.14 bits per heavy atom. The number of benzene rings is 1. The molecular formula is C17H29NO3. The van der Waals surface area contributed by atoms with Gasteiger partial charge in [0.05, 0.1) is 13.2 Å². The largest absolute Gasteiger partial charge is 0.490 e. The molecule has 0 radical (unpaired) electrons. The van der Waals surface area contributed by atoms with Gasteiger partial charge in [0.15, 0.2) is 11.5 Å². The summed E-state index contributed by atoms with van der Waals surface area (Å²) in [6.07, 6.45) is -0.000813. The summed E-state index contributed by atoms with van der Waals surface area (Å²) in [5.74, 6) is 2.21. The molecule has 1 N–H and O–H groups in total. The van der Waals surface area contributed by atoms with E-state index >= 15 is 0 Å². The summed E-state index contributed by atoms with van der Waals surface area (Å²) in [7, 11) is 1.67. The molecule has 1 unspecified atom stereocenters. The molecule has 21 heavy (non-hydrogen) atoms. The zero-order valence-corrected chi connectivity index (χ0v) is 13.9. The van der Waals surface area contributed by atoms with E-state index in [0.29, 0.717) is 19.1 Å². The van der Waals surface area contributed by atoms with Crippen LogP contribution in [-0.2, 0) is 11.3 Å². The SMILES string of the molecule is CCOc1cc(CNCC(C)C)ccc1OC(C)COC. The minimum atomic E-state index is -0.000813. The van der Waals surface area contributed by atoms with Crippen LogP contribution in [0.5, 0.6) is 11.5 Å². The maximum atomic E-state index is 5.87. The maximum Gasteiger partial charge on any atom is 0.161 e. The number of methoxy groups -OCH3 is 1. The number of ether oxygens (including phenoxy) is 3. The first-order valence-corrected chi connectivity index (χ1v) is 7.68. The second kappa shape index (κ2) is 9.64. The minimum absolute atomic E-state index is 0.000813. The Balaban J connectivity index is 2.71. The van der Waals surface area contributed by atoms with Gasteiger partial charge >= 0.3 is 0 Å². The van der Waals surface area contributed by atoms with Gasteiger partial charge in [-0.3, -0.25) is 0 Å². The molecule has 4 nitrogen and oxygen atoms in total. The van der Waals surface area contributed by atoms with E-state index < -0.39 is 0 Å². The van der Waals surface area contributed by atoms with Crippen LogP contribution in [0.25, 0.3) is 0 Å². The van der Waals surface area contributed by atoms with Gasteiger partial charge in [-0.2, -0.15) is 0 Å². The minimum Gasteiger partial charge on any atom is -0.490 e. The van der Waals surface area contributed by atoms with Crippen LogP contribution in [0.1, 0.15) is 33.3 Å². The highest BCUT2D eigenvalue weighted by Gasteiger charge is 2.10. The molecule has 1 aromatic rings. The second-order valence-electron chi connectivity index (χ2n) is 5.62. The normalized spacial score (nSPS) is 12.5. The van der Waals surface area contributed by atoms with E-state index in [-0.39, 0.29) is 6.10 Å². The van der Waals surface area contributed by atoms with Crippen molar-refractivity contribution in [2.45, 2.75) is 40.3 Å². The molecule has 0 aliphatic rings. The predicted molar refractivity (Wildman–Crippen MR) is 86.1 cm³/mol. The fourth-order valence-electron chi connectivity index (χ4n) is 2.02. The lowest BCUT2D eigenvalue weighted by molar-refractivity contribution is 0.0894. The number of rotatable bonds is 10. The Kier molecular flexibility index (Phi) is 8.16. The van der Waals surface area contributed by atoms with Crippen molar-refractivity contribution in [1.82, 2.24) is 5.32 Å². The molecule has 0 spiro atoms. The molecule has 0 aliphatic carbocycles. The summed E-state index contributed by atoms with van der Waals surface area (Å²) in [6, 6.07) is 6.10. The summed E-state index contributed by atoms with van der Waals surface area (Å²) >= 11 is 0. The predicted octanol–water partition coefficient (Wildman–Crippen LogP) is 3.24. The molecule has 0 aromatic heterocycles. The lowest BCUT2D eigenvalue weighted by atomic mass is 10.1. The molecule has 0 heterocycles. The van der Waals surface area contributed by atoms with Gasteiger partial charge in [-0.25, -0.2) is 0 Å². The number of hydrogen-bond acceptors (Lipinski definition) is 4. The quantitative estimate of drug-likeness (QED) is 0.719. The van der Waals surface area contributed by atoms with E-state index in [4.69, 9.17) is 14.2 Å². The molecule has 0 aliphatic heterocycles. The van der Waals surface area contributed by atoms with Crippen molar-refractivity contribution < 1.29 is 14.2 Å². The van der Waals surface area contributed by atoms with Crippen LogP contribution in [0, 0.1) is 5.92 Å². The standard InChI is InChI=1S/C17H29NO3/c1-6-20-17-9-15(11-18-10-13(2)3)7-8-16(17)21-14(4)12-19-5/h7-9,13-14,18H,6,10-12H2,1-5H3. The third-order valence-electron chi connectivity index (χ3n) is 2.92. The van der Waals surface area contributed by atoms with Crippen molar-refractivity contribution in [1.29, 1.82) is 0 Å². The van der Waals surface area contributed by atoms with Crippen LogP contribution in [0.2, 0.25) is 0 Å². The van der Waals surface area contributed by atoms with Gasteiger partial charge in [0.25, 0.3) is 0 Å². The third-order valence-corrected chi connectivity index (χ3v) is 2.92. The molecule has 0 fully saturated rings. The van der Waals surface area contributed by atoms with Crippen LogP contribution < -0.4 is 14.8 Å². The van der Waals surface area contributed by atoms with Crippen LogP contribution in [0.4, 0.5) is 0 Å². The Morgan fingerprint density at radius 3 is 2.52 bits per heavy atom. The van der Waals surface area contributed by atoms with E-state index in [2.05, 4.69) is 25.2 Å². The van der Waals surface area contributed by atoms with Gasteiger partial charge in [-0.15, -0.1) is 0 Å². The second-order valence-corrected chi connectivity index (χ2v) is 5.62. The van der Waals surface area contributed by atoms with Crippen molar-refractivity contribution in [2.75, 3.05) is 26.9 Å². The van der Waals surface area contributed by atoms with Crippen molar-refractivity contribution >= 4 is 0 Å². The summed E-state index contributed by atoms with van der Waals surface area (Å²) in [4.78, 5) is 0. The average molecular weight is 295 g/mol. The molecule has 1 aromatic carbocycles. The van der Waals surface area contributed by atoms with Crippen molar-refractivity contribution in [3.05, 3.63) is 23.8 Å². The Bertz CT molecular complexity index is 407. The van der Waals surface area contributed by atoms with Crippen LogP contribution in [0.15, 0.2) is 18.2 Å². The molecule has 1 rings (SSSR count). The summed E-state index contributed by atoms with van der Waals surface area (Å²) in [5, 5.41) is 3.43. The lowest BCUT2D eigenvalue weighted by Gasteiger charge is -2.18. The highest BCUT2D eigenvalue weighted by molar-refractivity contribution is 5.43. The van der Waals surface area contributed by atoms with Gasteiger partial charge in [0, 0.05) is 13.7 Å². The van der Waals surface area contributed by atoms with E-state index in [1.807, 2.05) is 26.0 Å². The van der Waals surface area contributed by atoms with Gasteiger partial charge in [0.2, 0.25) is 0 Å². The first kappa shape index (κ1) is 17.8. The third kappa shape index (κ3) is 6.82. The Morgan fingerprint density at radius 2 is 1.90 bits per heavy atom. The van der Waals surface area contributed by atoms with E-state index in [9.17, 15) is 0 Å². The average Bonchev–Trinajstić information content (AvgIpc) is 2.42. The topological polar surface area (TPSA) is 39.7 Å². The molecule has 0 saturated carbocycles. The van der Waals surface area contributed by atoms with E-state index in [1.165, 1.54) is 5.56 Å². The first-order chi connectivity index (χ1) is 10.1. The van der Waals surface area contributed by atoms with Crippen LogP contribution >= 0.6 is 0 Å². The molecule has 0 amide bonds. The zero-order chi connectivity index (χ0) is 15.7. The van der Waals surface area contributed by atoms with Crippen LogP contribution in [-0.4, -0.2) is 33.0 Å². The van der Waals surface area contributed by atoms with Gasteiger partial charge < -0.3 is 19.5 Å². The maximum absolute atomic E-state index is 5.87.